The Bertz CT molecular complexity index is 399. The fraction of sp³-hybridized carbons (Fsp3) is 0.765. The first-order valence-electron chi connectivity index (χ1n) is 8.16. The van der Waals surface area contributed by atoms with Crippen LogP contribution < -0.4 is 5.73 Å². The van der Waals surface area contributed by atoms with Crippen LogP contribution in [-0.4, -0.2) is 0 Å². The number of hydrogen-bond acceptors (Lipinski definition) is 2. The summed E-state index contributed by atoms with van der Waals surface area (Å²) in [5.41, 5.74) is 8.27. The first-order chi connectivity index (χ1) is 9.29. The molecule has 0 aromatic carbocycles. The molecular weight excluding hydrogens is 250 g/mol. The zero-order chi connectivity index (χ0) is 13.2. The van der Waals surface area contributed by atoms with E-state index in [9.17, 15) is 0 Å². The Labute approximate surface area is 121 Å². The molecule has 2 aliphatic rings. The SMILES string of the molecule is CCC1CCCCC1C(N)c1cc2c(s1)CCCC2. The third-order valence-electron chi connectivity index (χ3n) is 5.30. The van der Waals surface area contributed by atoms with E-state index in [-0.39, 0.29) is 0 Å². The third kappa shape index (κ3) is 2.75. The molecule has 2 aliphatic carbocycles. The standard InChI is InChI=1S/C17H27NS/c1-2-12-7-3-5-9-14(12)17(18)16-11-13-8-4-6-10-15(13)19-16/h11-12,14,17H,2-10,18H2,1H3. The van der Waals surface area contributed by atoms with E-state index in [1.807, 2.05) is 11.3 Å². The first-order valence-corrected chi connectivity index (χ1v) is 8.98. The maximum atomic E-state index is 6.66. The van der Waals surface area contributed by atoms with E-state index in [1.54, 1.807) is 10.4 Å². The quantitative estimate of drug-likeness (QED) is 0.840. The predicted octanol–water partition coefficient (Wildman–Crippen LogP) is 4.84. The second kappa shape index (κ2) is 5.97. The number of thiophene rings is 1. The van der Waals surface area contributed by atoms with Crippen LogP contribution >= 0.6 is 11.3 Å². The van der Waals surface area contributed by atoms with Crippen molar-refractivity contribution in [2.24, 2.45) is 17.6 Å². The topological polar surface area (TPSA) is 26.0 Å². The van der Waals surface area contributed by atoms with Crippen LogP contribution in [0.25, 0.3) is 0 Å². The van der Waals surface area contributed by atoms with E-state index in [2.05, 4.69) is 13.0 Å². The fourth-order valence-corrected chi connectivity index (χ4v) is 5.44. The smallest absolute Gasteiger partial charge is 0.0421 e. The van der Waals surface area contributed by atoms with Crippen molar-refractivity contribution in [1.82, 2.24) is 0 Å². The minimum absolute atomic E-state index is 0.306. The number of aryl methyl sites for hydroxylation is 2. The maximum Gasteiger partial charge on any atom is 0.0421 e. The lowest BCUT2D eigenvalue weighted by Gasteiger charge is -2.34. The summed E-state index contributed by atoms with van der Waals surface area (Å²) in [6, 6.07) is 2.76. The molecule has 2 heteroatoms. The molecule has 0 amide bonds. The van der Waals surface area contributed by atoms with Crippen LogP contribution in [0.3, 0.4) is 0 Å². The van der Waals surface area contributed by atoms with Gasteiger partial charge in [0.15, 0.2) is 0 Å². The second-order valence-corrected chi connectivity index (χ2v) is 7.62. The largest absolute Gasteiger partial charge is 0.323 e. The van der Waals surface area contributed by atoms with Gasteiger partial charge in [-0.15, -0.1) is 11.3 Å². The van der Waals surface area contributed by atoms with Crippen molar-refractivity contribution in [2.75, 3.05) is 0 Å². The molecule has 0 radical (unpaired) electrons. The molecule has 1 saturated carbocycles. The lowest BCUT2D eigenvalue weighted by molar-refractivity contribution is 0.198. The molecule has 0 bridgehead atoms. The van der Waals surface area contributed by atoms with Crippen molar-refractivity contribution >= 4 is 11.3 Å². The summed E-state index contributed by atoms with van der Waals surface area (Å²) in [7, 11) is 0. The molecule has 106 valence electrons. The molecule has 0 aliphatic heterocycles. The Kier molecular flexibility index (Phi) is 4.28. The Balaban J connectivity index is 1.78. The molecular formula is C17H27NS. The van der Waals surface area contributed by atoms with E-state index in [1.165, 1.54) is 62.7 Å². The summed E-state index contributed by atoms with van der Waals surface area (Å²) < 4.78 is 0. The van der Waals surface area contributed by atoms with E-state index >= 15 is 0 Å². The summed E-state index contributed by atoms with van der Waals surface area (Å²) in [4.78, 5) is 3.12. The predicted molar refractivity (Wildman–Crippen MR) is 83.6 cm³/mol. The van der Waals surface area contributed by atoms with Gasteiger partial charge in [0.1, 0.15) is 0 Å². The van der Waals surface area contributed by atoms with Crippen LogP contribution in [0.15, 0.2) is 6.07 Å². The van der Waals surface area contributed by atoms with Crippen LogP contribution in [0.1, 0.15) is 73.2 Å². The average Bonchev–Trinajstić information content (AvgIpc) is 2.90. The number of nitrogens with two attached hydrogens (primary N) is 1. The van der Waals surface area contributed by atoms with Crippen LogP contribution in [0.4, 0.5) is 0 Å². The highest BCUT2D eigenvalue weighted by Gasteiger charge is 2.31. The van der Waals surface area contributed by atoms with Crippen molar-refractivity contribution in [3.63, 3.8) is 0 Å². The van der Waals surface area contributed by atoms with Gasteiger partial charge < -0.3 is 5.73 Å². The van der Waals surface area contributed by atoms with Gasteiger partial charge in [0.05, 0.1) is 0 Å². The zero-order valence-electron chi connectivity index (χ0n) is 12.2. The number of rotatable bonds is 3. The molecule has 1 aromatic rings. The van der Waals surface area contributed by atoms with Crippen molar-refractivity contribution in [3.05, 3.63) is 21.4 Å². The first kappa shape index (κ1) is 13.6. The summed E-state index contributed by atoms with van der Waals surface area (Å²) in [6.45, 7) is 2.34. The molecule has 0 saturated heterocycles. The van der Waals surface area contributed by atoms with Gasteiger partial charge in [0.2, 0.25) is 0 Å². The van der Waals surface area contributed by atoms with Gasteiger partial charge in [-0.05, 0) is 55.6 Å². The molecule has 2 N–H and O–H groups in total. The van der Waals surface area contributed by atoms with Crippen LogP contribution in [-0.2, 0) is 12.8 Å². The fourth-order valence-electron chi connectivity index (χ4n) is 4.10. The van der Waals surface area contributed by atoms with Crippen LogP contribution in [0.5, 0.6) is 0 Å². The van der Waals surface area contributed by atoms with E-state index in [4.69, 9.17) is 5.73 Å². The minimum Gasteiger partial charge on any atom is -0.323 e. The average molecular weight is 277 g/mol. The monoisotopic (exact) mass is 277 g/mol. The molecule has 19 heavy (non-hydrogen) atoms. The Morgan fingerprint density at radius 1 is 1.21 bits per heavy atom. The van der Waals surface area contributed by atoms with Gasteiger partial charge in [-0.2, -0.15) is 0 Å². The lowest BCUT2D eigenvalue weighted by Crippen LogP contribution is -2.29. The van der Waals surface area contributed by atoms with Crippen molar-refractivity contribution in [3.8, 4) is 0 Å². The van der Waals surface area contributed by atoms with Gasteiger partial charge >= 0.3 is 0 Å². The van der Waals surface area contributed by atoms with Gasteiger partial charge in [-0.25, -0.2) is 0 Å². The Hall–Kier alpha value is -0.340. The third-order valence-corrected chi connectivity index (χ3v) is 6.64. The number of fused-ring (bicyclic) bond motifs is 1. The van der Waals surface area contributed by atoms with E-state index in [0.717, 1.165) is 11.8 Å². The molecule has 0 spiro atoms. The lowest BCUT2D eigenvalue weighted by atomic mass is 9.74. The van der Waals surface area contributed by atoms with Crippen molar-refractivity contribution in [1.29, 1.82) is 0 Å². The highest BCUT2D eigenvalue weighted by molar-refractivity contribution is 7.12. The van der Waals surface area contributed by atoms with E-state index < -0.39 is 0 Å². The zero-order valence-corrected chi connectivity index (χ0v) is 13.0. The molecule has 1 nitrogen and oxygen atoms in total. The summed E-state index contributed by atoms with van der Waals surface area (Å²) in [5, 5.41) is 0. The van der Waals surface area contributed by atoms with Crippen LogP contribution in [0, 0.1) is 11.8 Å². The van der Waals surface area contributed by atoms with Crippen LogP contribution in [0.2, 0.25) is 0 Å². The van der Waals surface area contributed by atoms with Crippen molar-refractivity contribution < 1.29 is 0 Å². The normalized spacial score (nSPS) is 28.9. The molecule has 1 aromatic heterocycles. The molecule has 1 heterocycles. The summed E-state index contributed by atoms with van der Waals surface area (Å²) in [6.07, 6.45) is 12.2. The molecule has 3 unspecified atom stereocenters. The van der Waals surface area contributed by atoms with Gasteiger partial charge in [-0.1, -0.05) is 32.6 Å². The Morgan fingerprint density at radius 3 is 2.79 bits per heavy atom. The highest BCUT2D eigenvalue weighted by Crippen LogP contribution is 2.42. The van der Waals surface area contributed by atoms with Gasteiger partial charge in [0.25, 0.3) is 0 Å². The second-order valence-electron chi connectivity index (χ2n) is 6.45. The Morgan fingerprint density at radius 2 is 2.00 bits per heavy atom. The van der Waals surface area contributed by atoms with E-state index in [0.29, 0.717) is 6.04 Å². The van der Waals surface area contributed by atoms with Gasteiger partial charge in [0, 0.05) is 15.8 Å². The maximum absolute atomic E-state index is 6.66. The summed E-state index contributed by atoms with van der Waals surface area (Å²) in [5.74, 6) is 1.60. The van der Waals surface area contributed by atoms with Crippen molar-refractivity contribution in [2.45, 2.75) is 70.8 Å². The molecule has 1 fully saturated rings. The minimum atomic E-state index is 0.306. The summed E-state index contributed by atoms with van der Waals surface area (Å²) >= 11 is 2.02. The highest BCUT2D eigenvalue weighted by atomic mass is 32.1. The molecule has 3 atom stereocenters. The number of hydrogen-bond donors (Lipinski definition) is 1. The van der Waals surface area contributed by atoms with Gasteiger partial charge in [-0.3, -0.25) is 0 Å². The molecule has 3 rings (SSSR count).